The number of nitrogens with two attached hydrogens (primary N) is 1. The van der Waals surface area contributed by atoms with Crippen LogP contribution in [0.2, 0.25) is 0 Å². The van der Waals surface area contributed by atoms with E-state index in [1.165, 1.54) is 0 Å². The third kappa shape index (κ3) is 7.92. The van der Waals surface area contributed by atoms with Crippen LogP contribution in [0.25, 0.3) is 0 Å². The van der Waals surface area contributed by atoms with E-state index in [1.807, 2.05) is 0 Å². The van der Waals surface area contributed by atoms with Gasteiger partial charge in [-0.2, -0.15) is 0 Å². The lowest BCUT2D eigenvalue weighted by atomic mass is 9.80. The van der Waals surface area contributed by atoms with Crippen molar-refractivity contribution < 1.29 is 0 Å². The summed E-state index contributed by atoms with van der Waals surface area (Å²) in [7, 11) is 6.53. The third-order valence-electron chi connectivity index (χ3n) is 5.47. The number of likely N-dealkylation sites (N-methyl/N-ethyl adjacent to an activating group) is 2. The van der Waals surface area contributed by atoms with Crippen LogP contribution < -0.4 is 21.7 Å². The fraction of sp³-hybridized carbons (Fsp3) is 1.00. The molecule has 0 heterocycles. The van der Waals surface area contributed by atoms with Gasteiger partial charge in [-0.15, -0.1) is 0 Å². The average Bonchev–Trinajstić information content (AvgIpc) is 2.48. The van der Waals surface area contributed by atoms with Gasteiger partial charge >= 0.3 is 0 Å². The minimum atomic E-state index is 0.102. The molecule has 0 aliphatic carbocycles. The van der Waals surface area contributed by atoms with Gasteiger partial charge in [0.25, 0.3) is 0 Å². The van der Waals surface area contributed by atoms with Crippen molar-refractivity contribution >= 4 is 0 Å². The molecule has 0 saturated carbocycles. The van der Waals surface area contributed by atoms with Crippen LogP contribution in [0.1, 0.15) is 27.7 Å². The first-order chi connectivity index (χ1) is 10.7. The highest BCUT2D eigenvalue weighted by Gasteiger charge is 2.41. The largest absolute Gasteiger partial charge is 0.329 e. The highest BCUT2D eigenvalue weighted by molar-refractivity contribution is 5.00. The highest BCUT2D eigenvalue weighted by atomic mass is 15.3. The zero-order chi connectivity index (χ0) is 17.9. The molecule has 23 heavy (non-hydrogen) atoms. The van der Waals surface area contributed by atoms with Crippen molar-refractivity contribution in [2.24, 2.45) is 5.73 Å². The molecule has 0 unspecified atom stereocenters. The molecular formula is C17H42N6. The van der Waals surface area contributed by atoms with E-state index < -0.39 is 0 Å². The topological polar surface area (TPSA) is 68.6 Å². The first kappa shape index (κ1) is 22.8. The van der Waals surface area contributed by atoms with Gasteiger partial charge in [0, 0.05) is 63.4 Å². The Balaban J connectivity index is 3.80. The minimum Gasteiger partial charge on any atom is -0.329 e. The third-order valence-corrected chi connectivity index (χ3v) is 5.47. The van der Waals surface area contributed by atoms with Gasteiger partial charge in [-0.1, -0.05) is 0 Å². The van der Waals surface area contributed by atoms with E-state index in [9.17, 15) is 0 Å². The monoisotopic (exact) mass is 330 g/mol. The van der Waals surface area contributed by atoms with Crippen LogP contribution >= 0.6 is 0 Å². The first-order valence-electron chi connectivity index (χ1n) is 8.88. The Labute approximate surface area is 144 Å². The maximum Gasteiger partial charge on any atom is 0.0328 e. The minimum absolute atomic E-state index is 0.102. The Hall–Kier alpha value is -0.240. The number of hydrogen-bond donors (Lipinski definition) is 4. The van der Waals surface area contributed by atoms with Crippen molar-refractivity contribution in [3.63, 3.8) is 0 Å². The Morgan fingerprint density at radius 1 is 0.696 bits per heavy atom. The Bertz CT molecular complexity index is 291. The molecule has 0 rings (SSSR count). The molecule has 0 radical (unpaired) electrons. The normalized spacial score (nSPS) is 13.3. The summed E-state index contributed by atoms with van der Waals surface area (Å²) < 4.78 is 0. The summed E-state index contributed by atoms with van der Waals surface area (Å²) in [6.45, 7) is 16.9. The molecule has 0 atom stereocenters. The van der Waals surface area contributed by atoms with Crippen LogP contribution in [0.4, 0.5) is 0 Å². The molecule has 140 valence electrons. The predicted octanol–water partition coefficient (Wildman–Crippen LogP) is -0.235. The number of hydrogen-bond acceptors (Lipinski definition) is 6. The second-order valence-corrected chi connectivity index (χ2v) is 7.47. The maximum atomic E-state index is 5.42. The Morgan fingerprint density at radius 3 is 1.57 bits per heavy atom. The molecule has 0 aromatic rings. The summed E-state index contributed by atoms with van der Waals surface area (Å²) in [6, 6.07) is 0. The van der Waals surface area contributed by atoms with E-state index in [2.05, 4.69) is 74.6 Å². The van der Waals surface area contributed by atoms with Crippen molar-refractivity contribution in [3.05, 3.63) is 0 Å². The zero-order valence-corrected chi connectivity index (χ0v) is 16.6. The molecule has 0 bridgehead atoms. The Morgan fingerprint density at radius 2 is 1.13 bits per heavy atom. The van der Waals surface area contributed by atoms with Gasteiger partial charge in [0.15, 0.2) is 0 Å². The van der Waals surface area contributed by atoms with Crippen LogP contribution in [0.5, 0.6) is 0 Å². The molecule has 0 saturated heterocycles. The van der Waals surface area contributed by atoms with Crippen molar-refractivity contribution in [2.75, 3.05) is 73.5 Å². The SMILES string of the molecule is CN(C)C(C)(C)C(C)(C)N(C)CCNCCNCCNCCN. The van der Waals surface area contributed by atoms with Gasteiger partial charge in [0.2, 0.25) is 0 Å². The lowest BCUT2D eigenvalue weighted by molar-refractivity contribution is 0.00186. The molecule has 0 aliphatic heterocycles. The molecule has 0 aromatic heterocycles. The molecule has 5 N–H and O–H groups in total. The predicted molar refractivity (Wildman–Crippen MR) is 102 cm³/mol. The molecule has 0 aromatic carbocycles. The first-order valence-corrected chi connectivity index (χ1v) is 8.88. The van der Waals surface area contributed by atoms with Crippen LogP contribution in [0.3, 0.4) is 0 Å². The van der Waals surface area contributed by atoms with Crippen molar-refractivity contribution in [2.45, 2.75) is 38.8 Å². The smallest absolute Gasteiger partial charge is 0.0328 e. The molecule has 6 nitrogen and oxygen atoms in total. The van der Waals surface area contributed by atoms with Crippen LogP contribution in [0.15, 0.2) is 0 Å². The highest BCUT2D eigenvalue weighted by Crippen LogP contribution is 2.30. The van der Waals surface area contributed by atoms with E-state index >= 15 is 0 Å². The fourth-order valence-corrected chi connectivity index (χ4v) is 2.37. The van der Waals surface area contributed by atoms with Crippen molar-refractivity contribution in [3.8, 4) is 0 Å². The van der Waals surface area contributed by atoms with E-state index in [-0.39, 0.29) is 11.1 Å². The summed E-state index contributed by atoms with van der Waals surface area (Å²) in [5.41, 5.74) is 5.64. The second-order valence-electron chi connectivity index (χ2n) is 7.47. The fourth-order valence-electron chi connectivity index (χ4n) is 2.37. The average molecular weight is 331 g/mol. The molecule has 0 aliphatic rings. The summed E-state index contributed by atoms with van der Waals surface area (Å²) in [6.07, 6.45) is 0. The molecule has 0 amide bonds. The van der Waals surface area contributed by atoms with Crippen LogP contribution in [-0.2, 0) is 0 Å². The van der Waals surface area contributed by atoms with Gasteiger partial charge in [-0.3, -0.25) is 4.90 Å². The summed E-state index contributed by atoms with van der Waals surface area (Å²) in [5, 5.41) is 10.2. The van der Waals surface area contributed by atoms with Gasteiger partial charge in [-0.05, 0) is 48.8 Å². The number of rotatable bonds is 14. The molecule has 0 spiro atoms. The molecule has 6 heteroatoms. The van der Waals surface area contributed by atoms with E-state index in [0.717, 1.165) is 45.8 Å². The second kappa shape index (κ2) is 11.3. The van der Waals surface area contributed by atoms with Gasteiger partial charge in [0.05, 0.1) is 0 Å². The summed E-state index contributed by atoms with van der Waals surface area (Å²) >= 11 is 0. The van der Waals surface area contributed by atoms with Crippen LogP contribution in [0, 0.1) is 0 Å². The lowest BCUT2D eigenvalue weighted by Gasteiger charge is -2.51. The van der Waals surface area contributed by atoms with E-state index in [1.54, 1.807) is 0 Å². The van der Waals surface area contributed by atoms with E-state index in [0.29, 0.717) is 6.54 Å². The quantitative estimate of drug-likeness (QED) is 0.330. The van der Waals surface area contributed by atoms with Crippen molar-refractivity contribution in [1.29, 1.82) is 0 Å². The maximum absolute atomic E-state index is 5.42. The van der Waals surface area contributed by atoms with E-state index in [4.69, 9.17) is 5.73 Å². The molecular weight excluding hydrogens is 288 g/mol. The zero-order valence-electron chi connectivity index (χ0n) is 16.6. The molecule has 0 fully saturated rings. The number of nitrogens with zero attached hydrogens (tertiary/aromatic N) is 2. The number of nitrogens with one attached hydrogen (secondary N) is 3. The summed E-state index contributed by atoms with van der Waals surface area (Å²) in [4.78, 5) is 4.75. The van der Waals surface area contributed by atoms with Gasteiger partial charge in [-0.25, -0.2) is 0 Å². The Kier molecular flexibility index (Phi) is 11.2. The van der Waals surface area contributed by atoms with Gasteiger partial charge in [0.1, 0.15) is 0 Å². The van der Waals surface area contributed by atoms with Crippen LogP contribution in [-0.4, -0.2) is 94.4 Å². The van der Waals surface area contributed by atoms with Crippen molar-refractivity contribution in [1.82, 2.24) is 25.8 Å². The lowest BCUT2D eigenvalue weighted by Crippen LogP contribution is -2.63. The standard InChI is InChI=1S/C17H42N6/c1-16(2,22(5)6)17(3,4)23(7)15-14-21-13-12-20-11-10-19-9-8-18/h19-21H,8-15,18H2,1-7H3. The van der Waals surface area contributed by atoms with Gasteiger partial charge < -0.3 is 26.6 Å². The summed E-state index contributed by atoms with van der Waals surface area (Å²) in [5.74, 6) is 0.